The molecule has 110 valence electrons. The molecule has 0 saturated heterocycles. The van der Waals surface area contributed by atoms with Gasteiger partial charge in [0.15, 0.2) is 0 Å². The first-order chi connectivity index (χ1) is 9.90. The molecule has 0 bridgehead atoms. The van der Waals surface area contributed by atoms with E-state index in [1.165, 1.54) is 0 Å². The van der Waals surface area contributed by atoms with Gasteiger partial charge in [-0.1, -0.05) is 46.9 Å². The summed E-state index contributed by atoms with van der Waals surface area (Å²) in [6, 6.07) is 10.3. The maximum absolute atomic E-state index is 12.5. The maximum Gasteiger partial charge on any atom is 0.274 e. The zero-order chi connectivity index (χ0) is 15.6. The molecule has 0 aliphatic heterocycles. The third kappa shape index (κ3) is 3.67. The van der Waals surface area contributed by atoms with Crippen LogP contribution in [0.3, 0.4) is 0 Å². The van der Waals surface area contributed by atoms with Crippen molar-refractivity contribution >= 4 is 40.7 Å². The van der Waals surface area contributed by atoms with Gasteiger partial charge in [0.2, 0.25) is 0 Å². The van der Waals surface area contributed by atoms with Crippen molar-refractivity contribution in [1.29, 1.82) is 0 Å². The summed E-state index contributed by atoms with van der Waals surface area (Å²) in [4.78, 5) is 18.1. The summed E-state index contributed by atoms with van der Waals surface area (Å²) >= 11 is 17.8. The van der Waals surface area contributed by atoms with Gasteiger partial charge in [0.25, 0.3) is 5.91 Å². The van der Waals surface area contributed by atoms with Gasteiger partial charge in [-0.2, -0.15) is 0 Å². The molecule has 0 spiro atoms. The summed E-state index contributed by atoms with van der Waals surface area (Å²) in [5, 5.41) is 1.13. The number of benzene rings is 1. The zero-order valence-electron chi connectivity index (χ0n) is 11.5. The fourth-order valence-electron chi connectivity index (χ4n) is 1.90. The van der Waals surface area contributed by atoms with Crippen molar-refractivity contribution in [3.63, 3.8) is 0 Å². The van der Waals surface area contributed by atoms with E-state index in [2.05, 4.69) is 4.98 Å². The molecule has 6 heteroatoms. The molecule has 1 amide bonds. The average molecular weight is 344 g/mol. The van der Waals surface area contributed by atoms with Crippen molar-refractivity contribution in [3.05, 3.63) is 62.9 Å². The molecular weight excluding hydrogens is 331 g/mol. The van der Waals surface area contributed by atoms with Gasteiger partial charge in [-0.3, -0.25) is 4.79 Å². The van der Waals surface area contributed by atoms with E-state index in [1.54, 1.807) is 30.1 Å². The number of aromatic nitrogens is 1. The van der Waals surface area contributed by atoms with E-state index < -0.39 is 0 Å². The lowest BCUT2D eigenvalue weighted by atomic mass is 10.1. The molecule has 0 radical (unpaired) electrons. The lowest BCUT2D eigenvalue weighted by molar-refractivity contribution is 0.0737. The van der Waals surface area contributed by atoms with Gasteiger partial charge in [0.05, 0.1) is 11.1 Å². The van der Waals surface area contributed by atoms with Crippen LogP contribution in [0.1, 0.15) is 29.0 Å². The molecule has 2 rings (SSSR count). The van der Waals surface area contributed by atoms with Crippen molar-refractivity contribution < 1.29 is 4.79 Å². The van der Waals surface area contributed by atoms with Gasteiger partial charge in [-0.05, 0) is 36.8 Å². The van der Waals surface area contributed by atoms with E-state index in [9.17, 15) is 4.79 Å². The number of amides is 1. The van der Waals surface area contributed by atoms with E-state index >= 15 is 0 Å². The van der Waals surface area contributed by atoms with E-state index in [4.69, 9.17) is 34.8 Å². The van der Waals surface area contributed by atoms with Crippen molar-refractivity contribution in [3.8, 4) is 0 Å². The Kier molecular flexibility index (Phi) is 5.09. The highest BCUT2D eigenvalue weighted by Crippen LogP contribution is 2.25. The third-order valence-corrected chi connectivity index (χ3v) is 4.00. The van der Waals surface area contributed by atoms with Crippen LogP contribution in [0.4, 0.5) is 0 Å². The predicted molar refractivity (Wildman–Crippen MR) is 86.2 cm³/mol. The van der Waals surface area contributed by atoms with Crippen molar-refractivity contribution in [2.45, 2.75) is 13.0 Å². The number of hydrogen-bond donors (Lipinski definition) is 0. The summed E-state index contributed by atoms with van der Waals surface area (Å²) in [5.41, 5.74) is 1.07. The highest BCUT2D eigenvalue weighted by molar-refractivity contribution is 6.34. The zero-order valence-corrected chi connectivity index (χ0v) is 13.7. The Labute approximate surface area is 138 Å². The van der Waals surface area contributed by atoms with Gasteiger partial charge < -0.3 is 4.90 Å². The van der Waals surface area contributed by atoms with Crippen molar-refractivity contribution in [1.82, 2.24) is 9.88 Å². The van der Waals surface area contributed by atoms with Crippen LogP contribution in [0.2, 0.25) is 15.2 Å². The number of hydrogen-bond acceptors (Lipinski definition) is 2. The Morgan fingerprint density at radius 1 is 1.19 bits per heavy atom. The standard InChI is InChI=1S/C15H13Cl3N2O/c1-9(10-4-3-5-11(16)8-10)20(2)15(21)14-12(17)6-7-13(18)19-14/h3-9H,1-2H3. The molecule has 0 N–H and O–H groups in total. The number of rotatable bonds is 3. The molecular formula is C15H13Cl3N2O. The van der Waals surface area contributed by atoms with Crippen LogP contribution in [0.5, 0.6) is 0 Å². The number of pyridine rings is 1. The second-order valence-electron chi connectivity index (χ2n) is 4.61. The number of carbonyl (C=O) groups excluding carboxylic acids is 1. The lowest BCUT2D eigenvalue weighted by Gasteiger charge is -2.25. The van der Waals surface area contributed by atoms with Crippen molar-refractivity contribution in [2.24, 2.45) is 0 Å². The predicted octanol–water partition coefficient (Wildman–Crippen LogP) is 4.88. The molecule has 0 saturated carbocycles. The molecule has 0 aliphatic carbocycles. The third-order valence-electron chi connectivity index (χ3n) is 3.25. The molecule has 1 unspecified atom stereocenters. The second-order valence-corrected chi connectivity index (χ2v) is 5.84. The minimum Gasteiger partial charge on any atom is -0.334 e. The van der Waals surface area contributed by atoms with E-state index in [1.807, 2.05) is 25.1 Å². The van der Waals surface area contributed by atoms with Gasteiger partial charge in [-0.25, -0.2) is 4.98 Å². The van der Waals surface area contributed by atoms with Crippen LogP contribution in [-0.2, 0) is 0 Å². The Bertz CT molecular complexity index is 676. The Balaban J connectivity index is 2.28. The smallest absolute Gasteiger partial charge is 0.274 e. The van der Waals surface area contributed by atoms with Crippen LogP contribution in [-0.4, -0.2) is 22.8 Å². The lowest BCUT2D eigenvalue weighted by Crippen LogP contribution is -2.30. The largest absolute Gasteiger partial charge is 0.334 e. The normalized spacial score (nSPS) is 12.0. The molecule has 1 heterocycles. The van der Waals surface area contributed by atoms with Gasteiger partial charge in [0, 0.05) is 12.1 Å². The maximum atomic E-state index is 12.5. The number of nitrogens with zero attached hydrogens (tertiary/aromatic N) is 2. The summed E-state index contributed by atoms with van der Waals surface area (Å²) < 4.78 is 0. The van der Waals surface area contributed by atoms with Gasteiger partial charge in [0.1, 0.15) is 10.8 Å². The number of carbonyl (C=O) groups is 1. The van der Waals surface area contributed by atoms with Crippen molar-refractivity contribution in [2.75, 3.05) is 7.05 Å². The van der Waals surface area contributed by atoms with Crippen LogP contribution in [0, 0.1) is 0 Å². The molecule has 1 aromatic heterocycles. The summed E-state index contributed by atoms with van der Waals surface area (Å²) in [6.07, 6.45) is 0. The topological polar surface area (TPSA) is 33.2 Å². The number of halogens is 3. The van der Waals surface area contributed by atoms with Crippen LogP contribution in [0.25, 0.3) is 0 Å². The fourth-order valence-corrected chi connectivity index (χ4v) is 2.43. The summed E-state index contributed by atoms with van der Waals surface area (Å²) in [5.74, 6) is -0.296. The van der Waals surface area contributed by atoms with Gasteiger partial charge >= 0.3 is 0 Å². The Morgan fingerprint density at radius 2 is 1.90 bits per heavy atom. The van der Waals surface area contributed by atoms with E-state index in [-0.39, 0.29) is 27.8 Å². The monoisotopic (exact) mass is 342 g/mol. The van der Waals surface area contributed by atoms with E-state index in [0.717, 1.165) is 5.56 Å². The average Bonchev–Trinajstić information content (AvgIpc) is 2.47. The molecule has 21 heavy (non-hydrogen) atoms. The first kappa shape index (κ1) is 16.1. The first-order valence-corrected chi connectivity index (χ1v) is 7.38. The molecule has 1 atom stereocenters. The first-order valence-electron chi connectivity index (χ1n) is 6.25. The molecule has 0 fully saturated rings. The highest BCUT2D eigenvalue weighted by atomic mass is 35.5. The molecule has 3 nitrogen and oxygen atoms in total. The highest BCUT2D eigenvalue weighted by Gasteiger charge is 2.22. The van der Waals surface area contributed by atoms with E-state index in [0.29, 0.717) is 5.02 Å². The summed E-state index contributed by atoms with van der Waals surface area (Å²) in [6.45, 7) is 1.90. The Morgan fingerprint density at radius 3 is 2.57 bits per heavy atom. The quantitative estimate of drug-likeness (QED) is 0.745. The van der Waals surface area contributed by atoms with Crippen LogP contribution < -0.4 is 0 Å². The SMILES string of the molecule is CC(c1cccc(Cl)c1)N(C)C(=O)c1nc(Cl)ccc1Cl. The minimum atomic E-state index is -0.296. The Hall–Kier alpha value is -1.29. The molecule has 1 aromatic carbocycles. The fraction of sp³-hybridized carbons (Fsp3) is 0.200. The second kappa shape index (κ2) is 6.65. The van der Waals surface area contributed by atoms with Crippen LogP contribution in [0.15, 0.2) is 36.4 Å². The molecule has 2 aromatic rings. The molecule has 0 aliphatic rings. The van der Waals surface area contributed by atoms with Gasteiger partial charge in [-0.15, -0.1) is 0 Å². The summed E-state index contributed by atoms with van der Waals surface area (Å²) in [7, 11) is 1.69. The van der Waals surface area contributed by atoms with Crippen LogP contribution >= 0.6 is 34.8 Å². The minimum absolute atomic E-state index is 0.139.